The summed E-state index contributed by atoms with van der Waals surface area (Å²) >= 11 is 0. The molecule has 3 aliphatic carbocycles. The lowest BCUT2D eigenvalue weighted by Crippen LogP contribution is -2.26. The predicted molar refractivity (Wildman–Crippen MR) is 225 cm³/mol. The van der Waals surface area contributed by atoms with Crippen molar-refractivity contribution in [2.24, 2.45) is 0 Å². The second-order valence-corrected chi connectivity index (χ2v) is 15.7. The highest BCUT2D eigenvalue weighted by Gasteiger charge is 2.51. The largest absolute Gasteiger partial charge is 0.310 e. The van der Waals surface area contributed by atoms with Crippen LogP contribution in [0.1, 0.15) is 52.8 Å². The van der Waals surface area contributed by atoms with E-state index in [0.29, 0.717) is 0 Å². The average Bonchev–Trinajstić information content (AvgIpc) is 3.77. The highest BCUT2D eigenvalue weighted by molar-refractivity contribution is 5.96. The summed E-state index contributed by atoms with van der Waals surface area (Å²) in [6, 6.07) is 68.2. The molecule has 0 saturated heterocycles. The lowest BCUT2D eigenvalue weighted by molar-refractivity contribution is 0.660. The molecule has 8 aromatic rings. The van der Waals surface area contributed by atoms with Gasteiger partial charge in [0, 0.05) is 22.5 Å². The van der Waals surface area contributed by atoms with Gasteiger partial charge in [-0.25, -0.2) is 0 Å². The average molecular weight is 690 g/mol. The van der Waals surface area contributed by atoms with E-state index in [-0.39, 0.29) is 5.41 Å². The second-order valence-electron chi connectivity index (χ2n) is 15.7. The Labute approximate surface area is 317 Å². The zero-order valence-corrected chi connectivity index (χ0v) is 30.8. The van der Waals surface area contributed by atoms with Crippen molar-refractivity contribution in [2.75, 3.05) is 4.90 Å². The first-order valence-corrected chi connectivity index (χ1v) is 19.1. The summed E-state index contributed by atoms with van der Waals surface area (Å²) in [5, 5.41) is 0. The molecule has 3 aliphatic rings. The zero-order chi connectivity index (χ0) is 36.2. The lowest BCUT2D eigenvalue weighted by Gasteiger charge is -2.33. The van der Waals surface area contributed by atoms with Crippen molar-refractivity contribution in [3.63, 3.8) is 0 Å². The van der Waals surface area contributed by atoms with Crippen molar-refractivity contribution in [1.82, 2.24) is 0 Å². The maximum absolute atomic E-state index is 2.51. The van der Waals surface area contributed by atoms with Crippen LogP contribution >= 0.6 is 0 Å². The Hall–Kier alpha value is -6.44. The van der Waals surface area contributed by atoms with Crippen LogP contribution in [-0.4, -0.2) is 0 Å². The summed E-state index contributed by atoms with van der Waals surface area (Å²) in [4.78, 5) is 2.51. The normalized spacial score (nSPS) is 14.5. The van der Waals surface area contributed by atoms with Crippen LogP contribution in [0.25, 0.3) is 44.5 Å². The number of hydrogen-bond acceptors (Lipinski definition) is 1. The summed E-state index contributed by atoms with van der Waals surface area (Å²) in [6.45, 7) is 7.00. The fourth-order valence-electron chi connectivity index (χ4n) is 10.2. The maximum atomic E-state index is 2.51. The molecule has 0 heterocycles. The van der Waals surface area contributed by atoms with E-state index in [2.05, 4.69) is 208 Å². The molecule has 0 fully saturated rings. The van der Waals surface area contributed by atoms with Crippen molar-refractivity contribution in [3.05, 3.63) is 221 Å². The Balaban J connectivity index is 1.17. The molecule has 1 nitrogen and oxygen atoms in total. The molecule has 0 radical (unpaired) electrons. The maximum Gasteiger partial charge on any atom is 0.0726 e. The van der Waals surface area contributed by atoms with Gasteiger partial charge in [0.1, 0.15) is 0 Å². The van der Waals surface area contributed by atoms with Crippen LogP contribution in [0.3, 0.4) is 0 Å². The van der Waals surface area contributed by atoms with Gasteiger partial charge in [-0.1, -0.05) is 159 Å². The third-order valence-electron chi connectivity index (χ3n) is 12.6. The van der Waals surface area contributed by atoms with Gasteiger partial charge in [-0.2, -0.15) is 0 Å². The van der Waals surface area contributed by atoms with Crippen LogP contribution in [0.15, 0.2) is 182 Å². The highest BCUT2D eigenvalue weighted by atomic mass is 15.1. The van der Waals surface area contributed by atoms with Crippen molar-refractivity contribution >= 4 is 17.1 Å². The third kappa shape index (κ3) is 4.10. The minimum absolute atomic E-state index is 0.110. The van der Waals surface area contributed by atoms with Crippen LogP contribution in [0, 0.1) is 6.92 Å². The molecular weight excluding hydrogens is 651 g/mol. The molecule has 54 heavy (non-hydrogen) atoms. The van der Waals surface area contributed by atoms with E-state index in [1.807, 2.05) is 0 Å². The molecule has 0 bridgehead atoms. The molecule has 1 heteroatoms. The van der Waals surface area contributed by atoms with Gasteiger partial charge in [0.2, 0.25) is 0 Å². The van der Waals surface area contributed by atoms with Crippen LogP contribution in [-0.2, 0) is 10.8 Å². The van der Waals surface area contributed by atoms with Crippen LogP contribution in [0.4, 0.5) is 17.1 Å². The summed E-state index contributed by atoms with van der Waals surface area (Å²) in [7, 11) is 0. The van der Waals surface area contributed by atoms with E-state index < -0.39 is 5.41 Å². The van der Waals surface area contributed by atoms with E-state index in [9.17, 15) is 0 Å². The molecular formula is C53H39N. The van der Waals surface area contributed by atoms with Crippen molar-refractivity contribution in [3.8, 4) is 44.5 Å². The third-order valence-corrected chi connectivity index (χ3v) is 12.6. The van der Waals surface area contributed by atoms with Gasteiger partial charge in [-0.15, -0.1) is 0 Å². The quantitative estimate of drug-likeness (QED) is 0.178. The number of anilines is 3. The summed E-state index contributed by atoms with van der Waals surface area (Å²) in [5.74, 6) is 0. The van der Waals surface area contributed by atoms with E-state index in [1.165, 1.54) is 94.8 Å². The van der Waals surface area contributed by atoms with Gasteiger partial charge in [0.15, 0.2) is 0 Å². The predicted octanol–water partition coefficient (Wildman–Crippen LogP) is 13.8. The van der Waals surface area contributed by atoms with E-state index in [1.54, 1.807) is 0 Å². The van der Waals surface area contributed by atoms with Gasteiger partial charge in [0.05, 0.1) is 5.41 Å². The molecule has 0 atom stereocenters. The molecule has 11 rings (SSSR count). The minimum atomic E-state index is -0.408. The molecule has 0 unspecified atom stereocenters. The van der Waals surface area contributed by atoms with Crippen molar-refractivity contribution in [1.29, 1.82) is 0 Å². The second kappa shape index (κ2) is 11.3. The fourth-order valence-corrected chi connectivity index (χ4v) is 10.2. The lowest BCUT2D eigenvalue weighted by atomic mass is 9.70. The number of hydrogen-bond donors (Lipinski definition) is 0. The Bertz CT molecular complexity index is 2760. The van der Waals surface area contributed by atoms with Gasteiger partial charge in [-0.05, 0) is 127 Å². The number of nitrogens with zero attached hydrogens (tertiary/aromatic N) is 1. The Morgan fingerprint density at radius 1 is 0.352 bits per heavy atom. The molecule has 0 amide bonds. The van der Waals surface area contributed by atoms with Crippen molar-refractivity contribution < 1.29 is 0 Å². The van der Waals surface area contributed by atoms with Gasteiger partial charge < -0.3 is 4.90 Å². The van der Waals surface area contributed by atoms with Crippen LogP contribution in [0.2, 0.25) is 0 Å². The SMILES string of the molecule is Cc1cc(-c2ccccc2)ccc1N(c1ccc2c(c1)C(C)(C)c1ccccc1-2)c1ccc2c(c1)C1(c3ccccc3-c3ccccc31)c1ccccc1-2. The molecule has 0 N–H and O–H groups in total. The van der Waals surface area contributed by atoms with E-state index >= 15 is 0 Å². The summed E-state index contributed by atoms with van der Waals surface area (Å²) in [5.41, 5.74) is 22.8. The van der Waals surface area contributed by atoms with Gasteiger partial charge >= 0.3 is 0 Å². The monoisotopic (exact) mass is 689 g/mol. The summed E-state index contributed by atoms with van der Waals surface area (Å²) in [6.07, 6.45) is 0. The number of rotatable bonds is 4. The van der Waals surface area contributed by atoms with Crippen LogP contribution in [0.5, 0.6) is 0 Å². The molecule has 256 valence electrons. The fraction of sp³-hybridized carbons (Fsp3) is 0.0943. The first-order chi connectivity index (χ1) is 26.5. The highest BCUT2D eigenvalue weighted by Crippen LogP contribution is 2.63. The number of aryl methyl sites for hydroxylation is 1. The van der Waals surface area contributed by atoms with Crippen molar-refractivity contribution in [2.45, 2.75) is 31.6 Å². The van der Waals surface area contributed by atoms with Crippen LogP contribution < -0.4 is 4.90 Å². The Morgan fingerprint density at radius 3 is 1.35 bits per heavy atom. The van der Waals surface area contributed by atoms with Gasteiger partial charge in [0.25, 0.3) is 0 Å². The number of fused-ring (bicyclic) bond motifs is 13. The molecule has 0 aliphatic heterocycles. The van der Waals surface area contributed by atoms with Gasteiger partial charge in [-0.3, -0.25) is 0 Å². The standard InChI is InChI=1S/C53H39N/c1-34-31-36(35-15-5-4-6-16-35)25-30-51(34)54(37-26-28-43-39-17-7-11-21-45(39)52(2,3)49(43)32-37)38-27-29-44-42-20-10-14-24-48(42)53(50(44)33-38)46-22-12-8-18-40(46)41-19-9-13-23-47(41)53/h4-33H,1-3H3. The molecule has 8 aromatic carbocycles. The molecule has 1 spiro atoms. The van der Waals surface area contributed by atoms with E-state index in [4.69, 9.17) is 0 Å². The van der Waals surface area contributed by atoms with E-state index in [0.717, 1.165) is 5.69 Å². The molecule has 0 aromatic heterocycles. The summed E-state index contributed by atoms with van der Waals surface area (Å²) < 4.78 is 0. The topological polar surface area (TPSA) is 3.24 Å². The smallest absolute Gasteiger partial charge is 0.0726 e. The number of benzene rings is 8. The first kappa shape index (κ1) is 31.1. The Morgan fingerprint density at radius 2 is 0.796 bits per heavy atom. The first-order valence-electron chi connectivity index (χ1n) is 19.1. The zero-order valence-electron chi connectivity index (χ0n) is 30.8. The molecule has 0 saturated carbocycles. The minimum Gasteiger partial charge on any atom is -0.310 e. The Kier molecular flexibility index (Phi) is 6.50.